The normalized spacial score (nSPS) is 13.9. The van der Waals surface area contributed by atoms with E-state index in [0.717, 1.165) is 55.3 Å². The summed E-state index contributed by atoms with van der Waals surface area (Å²) < 4.78 is 2.26. The molecule has 0 amide bonds. The van der Waals surface area contributed by atoms with E-state index in [4.69, 9.17) is 9.83 Å². The van der Waals surface area contributed by atoms with Gasteiger partial charge in [0.05, 0.1) is 34.6 Å². The second-order valence-corrected chi connectivity index (χ2v) is 10.6. The summed E-state index contributed by atoms with van der Waals surface area (Å²) in [5.74, 6) is 1.39. The monoisotopic (exact) mass is 552 g/mol. The number of hydrogen-bond acceptors (Lipinski definition) is 4. The SMILES string of the molecule is C=C1N=C2C=CC(c3cccc(-c4ccc5c(c4)c4cc(C#N)ccc4n5-c4ccccc4)c3)=CN2Oc2ccccc21. The van der Waals surface area contributed by atoms with Crippen molar-refractivity contribution in [1.29, 1.82) is 5.26 Å². The van der Waals surface area contributed by atoms with E-state index in [9.17, 15) is 5.26 Å². The van der Waals surface area contributed by atoms with Crippen molar-refractivity contribution in [3.05, 3.63) is 157 Å². The van der Waals surface area contributed by atoms with Gasteiger partial charge in [-0.3, -0.25) is 0 Å². The van der Waals surface area contributed by atoms with Crippen molar-refractivity contribution in [2.75, 3.05) is 0 Å². The van der Waals surface area contributed by atoms with Crippen molar-refractivity contribution in [3.63, 3.8) is 0 Å². The van der Waals surface area contributed by atoms with Crippen LogP contribution in [0.4, 0.5) is 0 Å². The highest BCUT2D eigenvalue weighted by atomic mass is 16.7. The summed E-state index contributed by atoms with van der Waals surface area (Å²) in [6.45, 7) is 4.13. The summed E-state index contributed by atoms with van der Waals surface area (Å²) in [6, 6.07) is 41.4. The maximum absolute atomic E-state index is 9.64. The molecule has 3 heterocycles. The lowest BCUT2D eigenvalue weighted by molar-refractivity contribution is 0.0742. The lowest BCUT2D eigenvalue weighted by Crippen LogP contribution is -2.29. The Morgan fingerprint density at radius 1 is 0.698 bits per heavy atom. The largest absolute Gasteiger partial charge is 0.373 e. The molecular weight excluding hydrogens is 528 g/mol. The molecule has 0 N–H and O–H groups in total. The standard InChI is InChI=1S/C38H24N4O/c1-25-32-12-5-6-13-37(32)43-41-24-30(16-19-38(41)40-25)28-9-7-8-27(21-28)29-15-18-36-34(22-29)33-20-26(23-39)14-17-35(33)42(36)31-10-3-2-4-11-31/h2-22,24H,1H2. The fraction of sp³-hybridized carbons (Fsp3) is 0. The zero-order valence-electron chi connectivity index (χ0n) is 23.1. The van der Waals surface area contributed by atoms with E-state index in [-0.39, 0.29) is 0 Å². The van der Waals surface area contributed by atoms with Crippen LogP contribution in [0.5, 0.6) is 5.75 Å². The predicted molar refractivity (Wildman–Crippen MR) is 173 cm³/mol. The topological polar surface area (TPSA) is 53.5 Å². The summed E-state index contributed by atoms with van der Waals surface area (Å²) in [5, 5.41) is 13.5. The van der Waals surface area contributed by atoms with E-state index in [1.54, 1.807) is 5.06 Å². The molecule has 1 aromatic heterocycles. The van der Waals surface area contributed by atoms with Crippen LogP contribution in [-0.4, -0.2) is 15.5 Å². The Morgan fingerprint density at radius 3 is 2.30 bits per heavy atom. The molecule has 0 aliphatic carbocycles. The molecule has 202 valence electrons. The quantitative estimate of drug-likeness (QED) is 0.220. The van der Waals surface area contributed by atoms with Gasteiger partial charge in [0, 0.05) is 27.6 Å². The molecule has 5 aromatic carbocycles. The maximum atomic E-state index is 9.64. The number of aliphatic imine (C=N–C) groups is 1. The van der Waals surface area contributed by atoms with Crippen LogP contribution in [0.1, 0.15) is 16.7 Å². The minimum absolute atomic E-state index is 0.646. The van der Waals surface area contributed by atoms with Crippen LogP contribution in [0.2, 0.25) is 0 Å². The first-order chi connectivity index (χ1) is 21.2. The van der Waals surface area contributed by atoms with Gasteiger partial charge in [0.25, 0.3) is 0 Å². The molecule has 5 heteroatoms. The van der Waals surface area contributed by atoms with Crippen molar-refractivity contribution in [2.24, 2.45) is 4.99 Å². The highest BCUT2D eigenvalue weighted by Crippen LogP contribution is 2.37. The minimum Gasteiger partial charge on any atom is -0.373 e. The highest BCUT2D eigenvalue weighted by Gasteiger charge is 2.22. The van der Waals surface area contributed by atoms with Gasteiger partial charge in [0.1, 0.15) is 0 Å². The van der Waals surface area contributed by atoms with Gasteiger partial charge in [-0.05, 0) is 89.5 Å². The number of amidine groups is 1. The number of hydrogen-bond donors (Lipinski definition) is 0. The van der Waals surface area contributed by atoms with Crippen molar-refractivity contribution in [1.82, 2.24) is 9.63 Å². The molecule has 0 fully saturated rings. The van der Waals surface area contributed by atoms with Crippen LogP contribution in [0, 0.1) is 11.3 Å². The zero-order chi connectivity index (χ0) is 28.9. The van der Waals surface area contributed by atoms with Crippen LogP contribution in [-0.2, 0) is 0 Å². The van der Waals surface area contributed by atoms with Gasteiger partial charge in [0.15, 0.2) is 11.6 Å². The maximum Gasteiger partial charge on any atom is 0.169 e. The predicted octanol–water partition coefficient (Wildman–Crippen LogP) is 8.91. The first kappa shape index (κ1) is 24.7. The van der Waals surface area contributed by atoms with Crippen LogP contribution in [0.15, 0.2) is 145 Å². The highest BCUT2D eigenvalue weighted by molar-refractivity contribution is 6.11. The smallest absolute Gasteiger partial charge is 0.169 e. The Morgan fingerprint density at radius 2 is 1.44 bits per heavy atom. The number of fused-ring (bicyclic) bond motifs is 5. The number of para-hydroxylation sites is 2. The molecule has 0 unspecified atom stereocenters. The first-order valence-electron chi connectivity index (χ1n) is 14.0. The number of hydroxylamine groups is 2. The molecular formula is C38H24N4O. The summed E-state index contributed by atoms with van der Waals surface area (Å²) >= 11 is 0. The molecule has 5 nitrogen and oxygen atoms in total. The molecule has 2 aliphatic rings. The van der Waals surface area contributed by atoms with Gasteiger partial charge in [-0.15, -0.1) is 0 Å². The number of nitrogens with zero attached hydrogens (tertiary/aromatic N) is 4. The minimum atomic E-state index is 0.646. The molecule has 2 aliphatic heterocycles. The van der Waals surface area contributed by atoms with E-state index < -0.39 is 0 Å². The van der Waals surface area contributed by atoms with Crippen LogP contribution in [0.25, 0.3) is 49.9 Å². The van der Waals surface area contributed by atoms with E-state index in [1.165, 1.54) is 0 Å². The fourth-order valence-corrected chi connectivity index (χ4v) is 5.90. The molecule has 0 saturated heterocycles. The van der Waals surface area contributed by atoms with Gasteiger partial charge in [0.2, 0.25) is 0 Å². The van der Waals surface area contributed by atoms with E-state index in [1.807, 2.05) is 72.9 Å². The Kier molecular flexibility index (Phi) is 5.60. The zero-order valence-corrected chi connectivity index (χ0v) is 23.1. The van der Waals surface area contributed by atoms with E-state index in [2.05, 4.69) is 77.9 Å². The second kappa shape index (κ2) is 9.76. The number of aromatic nitrogens is 1. The number of benzene rings is 5. The van der Waals surface area contributed by atoms with Crippen LogP contribution < -0.4 is 4.84 Å². The number of rotatable bonds is 3. The Bertz CT molecular complexity index is 2250. The van der Waals surface area contributed by atoms with Crippen LogP contribution in [0.3, 0.4) is 0 Å². The first-order valence-corrected chi connectivity index (χ1v) is 14.0. The third kappa shape index (κ3) is 4.13. The molecule has 43 heavy (non-hydrogen) atoms. The lowest BCUT2D eigenvalue weighted by Gasteiger charge is -2.23. The van der Waals surface area contributed by atoms with Crippen molar-refractivity contribution < 1.29 is 4.84 Å². The molecule has 0 atom stereocenters. The van der Waals surface area contributed by atoms with Gasteiger partial charge in [-0.25, -0.2) is 4.99 Å². The van der Waals surface area contributed by atoms with Gasteiger partial charge >= 0.3 is 0 Å². The fourth-order valence-electron chi connectivity index (χ4n) is 5.90. The molecule has 0 bridgehead atoms. The summed E-state index contributed by atoms with van der Waals surface area (Å²) in [6.07, 6.45) is 5.98. The molecule has 0 radical (unpaired) electrons. The molecule has 8 rings (SSSR count). The van der Waals surface area contributed by atoms with Gasteiger partial charge < -0.3 is 9.40 Å². The molecule has 0 saturated carbocycles. The van der Waals surface area contributed by atoms with Crippen molar-refractivity contribution in [3.8, 4) is 28.6 Å². The Balaban J connectivity index is 1.21. The number of nitriles is 1. The number of allylic oxidation sites excluding steroid dienone is 2. The third-order valence-electron chi connectivity index (χ3n) is 7.98. The summed E-state index contributed by atoms with van der Waals surface area (Å²) in [5.41, 5.74) is 9.71. The second-order valence-electron chi connectivity index (χ2n) is 10.6. The Labute approximate surface area is 248 Å². The summed E-state index contributed by atoms with van der Waals surface area (Å²) in [7, 11) is 0. The van der Waals surface area contributed by atoms with Gasteiger partial charge in [-0.1, -0.05) is 61.2 Å². The van der Waals surface area contributed by atoms with E-state index in [0.29, 0.717) is 22.8 Å². The third-order valence-corrected chi connectivity index (χ3v) is 7.98. The molecule has 0 spiro atoms. The lowest BCUT2D eigenvalue weighted by atomic mass is 9.97. The average Bonchev–Trinajstić information content (AvgIpc) is 3.30. The van der Waals surface area contributed by atoms with Crippen molar-refractivity contribution in [2.45, 2.75) is 0 Å². The van der Waals surface area contributed by atoms with Gasteiger partial charge in [-0.2, -0.15) is 10.3 Å². The van der Waals surface area contributed by atoms with Crippen LogP contribution >= 0.6 is 0 Å². The average molecular weight is 553 g/mol. The molecule has 6 aromatic rings. The van der Waals surface area contributed by atoms with E-state index >= 15 is 0 Å². The Hall–Kier alpha value is -6.12. The summed E-state index contributed by atoms with van der Waals surface area (Å²) in [4.78, 5) is 10.9. The van der Waals surface area contributed by atoms with Crippen molar-refractivity contribution >= 4 is 38.9 Å².